The molecule has 0 radical (unpaired) electrons. The van der Waals surface area contributed by atoms with Crippen molar-refractivity contribution in [3.8, 4) is 5.75 Å². The average Bonchev–Trinajstić information content (AvgIpc) is 2.86. The zero-order chi connectivity index (χ0) is 27.7. The van der Waals surface area contributed by atoms with Crippen LogP contribution in [0.2, 0.25) is 0 Å². The summed E-state index contributed by atoms with van der Waals surface area (Å²) in [6.07, 6.45) is -1.37. The number of Topliss-reactive ketones (excluding diaryl/α,β-unsaturated/α-hetero) is 2. The number of fused-ring (bicyclic) bond motifs is 3. The summed E-state index contributed by atoms with van der Waals surface area (Å²) in [5.41, 5.74) is 2.23. The van der Waals surface area contributed by atoms with Gasteiger partial charge in [-0.25, -0.2) is 0 Å². The Labute approximate surface area is 217 Å². The molecule has 2 aromatic carbocycles. The van der Waals surface area contributed by atoms with E-state index in [2.05, 4.69) is 0 Å². The molecule has 6 atom stereocenters. The Hall–Kier alpha value is -3.99. The quantitative estimate of drug-likeness (QED) is 0.319. The fourth-order valence-corrected chi connectivity index (χ4v) is 6.51. The van der Waals surface area contributed by atoms with Gasteiger partial charge in [0.15, 0.2) is 11.4 Å². The number of likely N-dealkylation sites (N-methyl/N-ethyl adjacent to an activating group) is 1. The largest absolute Gasteiger partial charge is 0.510 e. The lowest BCUT2D eigenvalue weighted by atomic mass is 9.54. The predicted octanol–water partition coefficient (Wildman–Crippen LogP) is 0.875. The zero-order valence-corrected chi connectivity index (χ0v) is 20.7. The minimum absolute atomic E-state index is 0.110. The fourth-order valence-electron chi connectivity index (χ4n) is 6.51. The SMILES string of the molecule is CN(C)[C@@H]1C(O)=C(C(N)=O)C(=O)[C@@]2(O)C(O)=C3C(=O)c4c(O)cccc4[C@@H](Cc4ccccc4)[C@@H]3[C@H](O)[C@@H]12. The summed E-state index contributed by atoms with van der Waals surface area (Å²) >= 11 is 0. The van der Waals surface area contributed by atoms with Gasteiger partial charge in [-0.2, -0.15) is 0 Å². The molecular weight excluding hydrogens is 492 g/mol. The molecule has 2 aromatic rings. The van der Waals surface area contributed by atoms with E-state index in [-0.39, 0.29) is 17.7 Å². The van der Waals surface area contributed by atoms with Crippen molar-refractivity contribution in [1.82, 2.24) is 4.90 Å². The number of phenols is 1. The van der Waals surface area contributed by atoms with Crippen LogP contribution in [0.4, 0.5) is 0 Å². The molecule has 10 nitrogen and oxygen atoms in total. The predicted molar refractivity (Wildman–Crippen MR) is 134 cm³/mol. The Morgan fingerprint density at radius 3 is 2.29 bits per heavy atom. The van der Waals surface area contributed by atoms with Crippen molar-refractivity contribution in [2.75, 3.05) is 14.1 Å². The number of hydrogen-bond donors (Lipinski definition) is 6. The third kappa shape index (κ3) is 3.34. The van der Waals surface area contributed by atoms with Crippen LogP contribution < -0.4 is 5.73 Å². The van der Waals surface area contributed by atoms with Crippen molar-refractivity contribution in [1.29, 1.82) is 0 Å². The van der Waals surface area contributed by atoms with Crippen LogP contribution in [0.3, 0.4) is 0 Å². The number of benzene rings is 2. The summed E-state index contributed by atoms with van der Waals surface area (Å²) in [6, 6.07) is 12.4. The van der Waals surface area contributed by atoms with Gasteiger partial charge in [-0.1, -0.05) is 42.5 Å². The third-order valence-corrected chi connectivity index (χ3v) is 8.10. The molecule has 7 N–H and O–H groups in total. The lowest BCUT2D eigenvalue weighted by Gasteiger charge is -2.53. The average molecular weight is 521 g/mol. The number of aromatic hydroxyl groups is 1. The summed E-state index contributed by atoms with van der Waals surface area (Å²) in [7, 11) is 3.00. The lowest BCUT2D eigenvalue weighted by Crippen LogP contribution is -2.68. The van der Waals surface area contributed by atoms with Crippen LogP contribution >= 0.6 is 0 Å². The lowest BCUT2D eigenvalue weighted by molar-refractivity contribution is -0.162. The number of rotatable bonds is 4. The summed E-state index contributed by atoms with van der Waals surface area (Å²) in [5.74, 6) is -9.09. The maximum absolute atomic E-state index is 13.8. The van der Waals surface area contributed by atoms with Gasteiger partial charge < -0.3 is 31.3 Å². The van der Waals surface area contributed by atoms with E-state index < -0.39 is 75.6 Å². The van der Waals surface area contributed by atoms with E-state index in [1.165, 1.54) is 25.1 Å². The molecule has 10 heteroatoms. The molecule has 0 bridgehead atoms. The summed E-state index contributed by atoms with van der Waals surface area (Å²) in [5, 5.41) is 56.8. The molecule has 0 saturated carbocycles. The topological polar surface area (TPSA) is 182 Å². The molecular formula is C28H28N2O8. The van der Waals surface area contributed by atoms with Gasteiger partial charge in [-0.3, -0.25) is 19.3 Å². The number of carbonyl (C=O) groups is 3. The number of phenolic OH excluding ortho intramolecular Hbond substituents is 1. The van der Waals surface area contributed by atoms with Crippen LogP contribution in [-0.4, -0.2) is 79.7 Å². The Kier molecular flexibility index (Phi) is 5.94. The number of ketones is 2. The number of primary amides is 1. The highest BCUT2D eigenvalue weighted by atomic mass is 16.4. The number of aliphatic hydroxyl groups is 4. The van der Waals surface area contributed by atoms with E-state index >= 15 is 0 Å². The maximum Gasteiger partial charge on any atom is 0.255 e. The summed E-state index contributed by atoms with van der Waals surface area (Å²) < 4.78 is 0. The molecule has 0 aromatic heterocycles. The Balaban J connectivity index is 1.81. The monoisotopic (exact) mass is 520 g/mol. The molecule has 3 aliphatic rings. The van der Waals surface area contributed by atoms with E-state index in [1.54, 1.807) is 12.1 Å². The van der Waals surface area contributed by atoms with Crippen LogP contribution in [0.25, 0.3) is 0 Å². The molecule has 0 heterocycles. The van der Waals surface area contributed by atoms with Crippen LogP contribution in [0.15, 0.2) is 71.2 Å². The third-order valence-electron chi connectivity index (χ3n) is 8.10. The first-order valence-corrected chi connectivity index (χ1v) is 12.1. The van der Waals surface area contributed by atoms with Crippen LogP contribution in [0.1, 0.15) is 27.4 Å². The highest BCUT2D eigenvalue weighted by Crippen LogP contribution is 2.56. The molecule has 0 unspecified atom stereocenters. The van der Waals surface area contributed by atoms with Crippen molar-refractivity contribution in [2.24, 2.45) is 17.6 Å². The van der Waals surface area contributed by atoms with E-state index in [1.807, 2.05) is 30.3 Å². The molecule has 0 fully saturated rings. The van der Waals surface area contributed by atoms with Crippen molar-refractivity contribution in [3.05, 3.63) is 87.9 Å². The van der Waals surface area contributed by atoms with E-state index in [0.29, 0.717) is 5.56 Å². The number of nitrogens with zero attached hydrogens (tertiary/aromatic N) is 1. The first-order chi connectivity index (χ1) is 17.9. The van der Waals surface area contributed by atoms with Crippen LogP contribution in [-0.2, 0) is 16.0 Å². The number of carbonyl (C=O) groups excluding carboxylic acids is 3. The highest BCUT2D eigenvalue weighted by Gasteiger charge is 2.67. The summed E-state index contributed by atoms with van der Waals surface area (Å²) in [4.78, 5) is 40.8. The van der Waals surface area contributed by atoms with Crippen LogP contribution in [0.5, 0.6) is 5.75 Å². The minimum Gasteiger partial charge on any atom is -0.510 e. The van der Waals surface area contributed by atoms with Crippen molar-refractivity contribution in [2.45, 2.75) is 30.1 Å². The molecule has 3 aliphatic carbocycles. The minimum atomic E-state index is -2.94. The second-order valence-electron chi connectivity index (χ2n) is 10.3. The van der Waals surface area contributed by atoms with Gasteiger partial charge in [-0.05, 0) is 43.6 Å². The summed E-state index contributed by atoms with van der Waals surface area (Å²) in [6.45, 7) is 0. The van der Waals surface area contributed by atoms with Gasteiger partial charge in [0, 0.05) is 11.5 Å². The Bertz CT molecular complexity index is 1430. The maximum atomic E-state index is 13.8. The number of amides is 1. The van der Waals surface area contributed by atoms with E-state index in [0.717, 1.165) is 5.56 Å². The number of aliphatic hydroxyl groups excluding tert-OH is 3. The van der Waals surface area contributed by atoms with Crippen molar-refractivity contribution in [3.63, 3.8) is 0 Å². The van der Waals surface area contributed by atoms with Gasteiger partial charge in [0.05, 0.1) is 23.6 Å². The van der Waals surface area contributed by atoms with Crippen LogP contribution in [0, 0.1) is 11.8 Å². The van der Waals surface area contributed by atoms with Gasteiger partial charge in [0.1, 0.15) is 22.8 Å². The fraction of sp³-hybridized carbons (Fsp3) is 0.321. The zero-order valence-electron chi connectivity index (χ0n) is 20.7. The normalized spacial score (nSPS) is 30.7. The Morgan fingerprint density at radius 1 is 1.03 bits per heavy atom. The smallest absolute Gasteiger partial charge is 0.255 e. The molecule has 198 valence electrons. The first kappa shape index (κ1) is 25.7. The Morgan fingerprint density at radius 2 is 1.68 bits per heavy atom. The van der Waals surface area contributed by atoms with Gasteiger partial charge in [0.25, 0.3) is 5.91 Å². The number of hydrogen-bond acceptors (Lipinski definition) is 9. The molecule has 1 amide bonds. The van der Waals surface area contributed by atoms with Gasteiger partial charge >= 0.3 is 0 Å². The van der Waals surface area contributed by atoms with Crippen molar-refractivity contribution < 1.29 is 39.9 Å². The van der Waals surface area contributed by atoms with E-state index in [4.69, 9.17) is 5.73 Å². The highest BCUT2D eigenvalue weighted by molar-refractivity contribution is 6.25. The molecule has 0 spiro atoms. The van der Waals surface area contributed by atoms with Gasteiger partial charge in [0.2, 0.25) is 5.78 Å². The molecule has 0 aliphatic heterocycles. The number of nitrogens with two attached hydrogens (primary N) is 1. The molecule has 0 saturated heterocycles. The second-order valence-corrected chi connectivity index (χ2v) is 10.3. The van der Waals surface area contributed by atoms with Gasteiger partial charge in [-0.15, -0.1) is 0 Å². The van der Waals surface area contributed by atoms with E-state index in [9.17, 15) is 39.9 Å². The van der Waals surface area contributed by atoms with Crippen molar-refractivity contribution >= 4 is 17.5 Å². The second kappa shape index (κ2) is 8.80. The standard InChI is InChI=1S/C28H28N2O8/c1-30(2)21-20-23(33)17-14(11-12-7-4-3-5-8-12)13-9-6-10-15(31)16(13)22(32)18(17)25(35)28(20,38)26(36)19(24(21)34)27(29)37/h3-10,14,17,20-21,23,31,33-35,38H,11H2,1-2H3,(H2,29,37)/t14-,17+,20-,21+,23+,28+/m1/s1. The molecule has 5 rings (SSSR count). The molecule has 38 heavy (non-hydrogen) atoms. The first-order valence-electron chi connectivity index (χ1n) is 12.1.